The first-order valence-electron chi connectivity index (χ1n) is 7.79. The van der Waals surface area contributed by atoms with Gasteiger partial charge in [-0.3, -0.25) is 9.59 Å². The van der Waals surface area contributed by atoms with Crippen LogP contribution in [0.3, 0.4) is 0 Å². The molecule has 0 fully saturated rings. The van der Waals surface area contributed by atoms with Crippen molar-refractivity contribution in [2.45, 2.75) is 32.9 Å². The number of fused-ring (bicyclic) bond motifs is 1. The summed E-state index contributed by atoms with van der Waals surface area (Å²) in [4.78, 5) is 25.4. The predicted molar refractivity (Wildman–Crippen MR) is 86.4 cm³/mol. The number of ether oxygens (including phenoxy) is 2. The van der Waals surface area contributed by atoms with E-state index in [1.165, 1.54) is 6.92 Å². The average Bonchev–Trinajstić information content (AvgIpc) is 2.51. The second-order valence-electron chi connectivity index (χ2n) is 6.14. The molecule has 1 heterocycles. The van der Waals surface area contributed by atoms with E-state index in [1.54, 1.807) is 11.9 Å². The molecule has 0 saturated heterocycles. The van der Waals surface area contributed by atoms with Crippen molar-refractivity contribution >= 4 is 11.8 Å². The predicted octanol–water partition coefficient (Wildman–Crippen LogP) is 1.45. The van der Waals surface area contributed by atoms with Crippen LogP contribution in [-0.4, -0.2) is 49.1 Å². The third-order valence-corrected chi connectivity index (χ3v) is 3.71. The molecule has 126 valence electrons. The minimum Gasteiger partial charge on any atom is -0.486 e. The molecule has 0 bridgehead atoms. The Kier molecular flexibility index (Phi) is 5.47. The van der Waals surface area contributed by atoms with Gasteiger partial charge in [-0.25, -0.2) is 0 Å². The maximum atomic E-state index is 12.6. The van der Waals surface area contributed by atoms with E-state index in [2.05, 4.69) is 5.32 Å². The van der Waals surface area contributed by atoms with Crippen LogP contribution in [0.4, 0.5) is 0 Å². The summed E-state index contributed by atoms with van der Waals surface area (Å²) in [7, 11) is 1.71. The molecule has 0 radical (unpaired) electrons. The number of nitrogens with zero attached hydrogens (tertiary/aromatic N) is 1. The van der Waals surface area contributed by atoms with Gasteiger partial charge >= 0.3 is 0 Å². The van der Waals surface area contributed by atoms with Crippen LogP contribution in [0.2, 0.25) is 0 Å². The maximum absolute atomic E-state index is 12.6. The van der Waals surface area contributed by atoms with Gasteiger partial charge in [-0.05, 0) is 18.1 Å². The zero-order chi connectivity index (χ0) is 17.0. The summed E-state index contributed by atoms with van der Waals surface area (Å²) < 4.78 is 11.5. The molecule has 1 aliphatic heterocycles. The van der Waals surface area contributed by atoms with Crippen LogP contribution in [0.1, 0.15) is 20.8 Å². The number of para-hydroxylation sites is 2. The van der Waals surface area contributed by atoms with Gasteiger partial charge in [-0.15, -0.1) is 0 Å². The first-order valence-corrected chi connectivity index (χ1v) is 7.79. The number of rotatable bonds is 5. The molecule has 0 aromatic heterocycles. The van der Waals surface area contributed by atoms with E-state index >= 15 is 0 Å². The molecule has 2 unspecified atom stereocenters. The lowest BCUT2D eigenvalue weighted by Gasteiger charge is -2.32. The molecule has 1 aromatic carbocycles. The third-order valence-electron chi connectivity index (χ3n) is 3.71. The second kappa shape index (κ2) is 7.35. The molecule has 6 nitrogen and oxygen atoms in total. The molecule has 0 saturated carbocycles. The van der Waals surface area contributed by atoms with Gasteiger partial charge in [0.25, 0.3) is 0 Å². The Labute approximate surface area is 136 Å². The quantitative estimate of drug-likeness (QED) is 0.891. The van der Waals surface area contributed by atoms with Crippen molar-refractivity contribution in [3.63, 3.8) is 0 Å². The lowest BCUT2D eigenvalue weighted by atomic mass is 10.0. The normalized spacial score (nSPS) is 17.5. The second-order valence-corrected chi connectivity index (χ2v) is 6.14. The van der Waals surface area contributed by atoms with E-state index < -0.39 is 6.04 Å². The van der Waals surface area contributed by atoms with Crippen molar-refractivity contribution in [2.75, 3.05) is 20.2 Å². The van der Waals surface area contributed by atoms with Crippen molar-refractivity contribution in [1.29, 1.82) is 0 Å². The first-order chi connectivity index (χ1) is 10.9. The number of benzene rings is 1. The summed E-state index contributed by atoms with van der Waals surface area (Å²) in [5.41, 5.74) is 0. The molecule has 2 atom stereocenters. The Morgan fingerprint density at radius 2 is 1.96 bits per heavy atom. The largest absolute Gasteiger partial charge is 0.486 e. The van der Waals surface area contributed by atoms with Gasteiger partial charge in [-0.2, -0.15) is 0 Å². The Hall–Kier alpha value is -2.24. The minimum absolute atomic E-state index is 0.0121. The van der Waals surface area contributed by atoms with E-state index in [0.717, 1.165) is 5.75 Å². The molecule has 6 heteroatoms. The summed E-state index contributed by atoms with van der Waals surface area (Å²) in [6.07, 6.45) is -0.232. The van der Waals surface area contributed by atoms with Crippen LogP contribution in [-0.2, 0) is 9.59 Å². The molecule has 2 amide bonds. The van der Waals surface area contributed by atoms with Gasteiger partial charge in [-0.1, -0.05) is 26.0 Å². The summed E-state index contributed by atoms with van der Waals surface area (Å²) >= 11 is 0. The van der Waals surface area contributed by atoms with Crippen LogP contribution in [0.25, 0.3) is 0 Å². The Morgan fingerprint density at radius 1 is 1.30 bits per heavy atom. The molecule has 0 aliphatic carbocycles. The molecular formula is C17H24N2O4. The van der Waals surface area contributed by atoms with Crippen LogP contribution < -0.4 is 14.8 Å². The highest BCUT2D eigenvalue weighted by Gasteiger charge is 2.29. The van der Waals surface area contributed by atoms with Gasteiger partial charge in [0.05, 0.1) is 6.54 Å². The van der Waals surface area contributed by atoms with Crippen molar-refractivity contribution in [3.05, 3.63) is 24.3 Å². The first kappa shape index (κ1) is 17.1. The number of hydrogen-bond donors (Lipinski definition) is 1. The molecule has 1 aromatic rings. The van der Waals surface area contributed by atoms with Gasteiger partial charge in [0, 0.05) is 14.0 Å². The molecule has 0 spiro atoms. The SMILES string of the molecule is CC(=O)NC(C(=O)N(C)CC1COc2ccccc2O1)C(C)C. The number of amides is 2. The van der Waals surface area contributed by atoms with Gasteiger partial charge in [0.1, 0.15) is 12.6 Å². The van der Waals surface area contributed by atoms with E-state index in [4.69, 9.17) is 9.47 Å². The highest BCUT2D eigenvalue weighted by atomic mass is 16.6. The number of likely N-dealkylation sites (N-methyl/N-ethyl adjacent to an activating group) is 1. The van der Waals surface area contributed by atoms with Crippen molar-refractivity contribution < 1.29 is 19.1 Å². The van der Waals surface area contributed by atoms with Crippen LogP contribution in [0, 0.1) is 5.92 Å². The zero-order valence-corrected chi connectivity index (χ0v) is 14.0. The van der Waals surface area contributed by atoms with Crippen LogP contribution in [0.15, 0.2) is 24.3 Å². The van der Waals surface area contributed by atoms with Gasteiger partial charge < -0.3 is 19.7 Å². The standard InChI is InChI=1S/C17H24N2O4/c1-11(2)16(18-12(3)20)17(21)19(4)9-13-10-22-14-7-5-6-8-15(14)23-13/h5-8,11,13,16H,9-10H2,1-4H3,(H,18,20). The Morgan fingerprint density at radius 3 is 2.57 bits per heavy atom. The zero-order valence-electron chi connectivity index (χ0n) is 14.0. The molecule has 1 N–H and O–H groups in total. The molecule has 1 aliphatic rings. The maximum Gasteiger partial charge on any atom is 0.245 e. The van der Waals surface area contributed by atoms with Gasteiger partial charge in [0.15, 0.2) is 17.6 Å². The molecule has 2 rings (SSSR count). The lowest BCUT2D eigenvalue weighted by molar-refractivity contribution is -0.137. The van der Waals surface area contributed by atoms with Crippen molar-refractivity contribution in [1.82, 2.24) is 10.2 Å². The summed E-state index contributed by atoms with van der Waals surface area (Å²) in [5, 5.41) is 2.71. The summed E-state index contributed by atoms with van der Waals surface area (Å²) in [5.74, 6) is 1.08. The summed E-state index contributed by atoms with van der Waals surface area (Å²) in [6, 6.07) is 6.93. The lowest BCUT2D eigenvalue weighted by Crippen LogP contribution is -2.52. The number of hydrogen-bond acceptors (Lipinski definition) is 4. The third kappa shape index (κ3) is 4.37. The number of carbonyl (C=O) groups excluding carboxylic acids is 2. The molecule has 23 heavy (non-hydrogen) atoms. The fourth-order valence-corrected chi connectivity index (χ4v) is 2.52. The highest BCUT2D eigenvalue weighted by Crippen LogP contribution is 2.30. The average molecular weight is 320 g/mol. The topological polar surface area (TPSA) is 67.9 Å². The summed E-state index contributed by atoms with van der Waals surface area (Å²) in [6.45, 7) is 6.01. The van der Waals surface area contributed by atoms with Crippen molar-refractivity contribution in [2.24, 2.45) is 5.92 Å². The van der Waals surface area contributed by atoms with Gasteiger partial charge in [0.2, 0.25) is 11.8 Å². The van der Waals surface area contributed by atoms with E-state index in [9.17, 15) is 9.59 Å². The number of carbonyl (C=O) groups is 2. The smallest absolute Gasteiger partial charge is 0.245 e. The Bertz CT molecular complexity index is 573. The minimum atomic E-state index is -0.533. The fraction of sp³-hybridized carbons (Fsp3) is 0.529. The number of nitrogens with one attached hydrogen (secondary N) is 1. The van der Waals surface area contributed by atoms with E-state index in [0.29, 0.717) is 18.9 Å². The van der Waals surface area contributed by atoms with Crippen LogP contribution in [0.5, 0.6) is 11.5 Å². The Balaban J connectivity index is 1.97. The highest BCUT2D eigenvalue weighted by molar-refractivity contribution is 5.87. The molecular weight excluding hydrogens is 296 g/mol. The van der Waals surface area contributed by atoms with E-state index in [-0.39, 0.29) is 23.8 Å². The van der Waals surface area contributed by atoms with Crippen molar-refractivity contribution in [3.8, 4) is 11.5 Å². The monoisotopic (exact) mass is 320 g/mol. The fourth-order valence-electron chi connectivity index (χ4n) is 2.52. The van der Waals surface area contributed by atoms with E-state index in [1.807, 2.05) is 38.1 Å². The van der Waals surface area contributed by atoms with Crippen LogP contribution >= 0.6 is 0 Å².